The van der Waals surface area contributed by atoms with Crippen LogP contribution in [0.2, 0.25) is 0 Å². The van der Waals surface area contributed by atoms with Crippen molar-refractivity contribution in [3.63, 3.8) is 0 Å². The summed E-state index contributed by atoms with van der Waals surface area (Å²) in [5.74, 6) is -1.30. The van der Waals surface area contributed by atoms with Gasteiger partial charge in [-0.25, -0.2) is 0 Å². The fourth-order valence-corrected chi connectivity index (χ4v) is 2.28. The highest BCUT2D eigenvalue weighted by molar-refractivity contribution is 5.93. The molecule has 0 bridgehead atoms. The number of rotatable bonds is 6. The molecule has 0 saturated heterocycles. The Bertz CT molecular complexity index is 546. The third-order valence-corrected chi connectivity index (χ3v) is 3.85. The number of nitrogens with zero attached hydrogens (tertiary/aromatic N) is 3. The summed E-state index contributed by atoms with van der Waals surface area (Å²) in [4.78, 5) is 25.4. The number of carbonyl (C=O) groups is 2. The van der Waals surface area contributed by atoms with Crippen LogP contribution in [0.5, 0.6) is 0 Å². The number of aliphatic carboxylic acids is 1. The average Bonchev–Trinajstić information content (AvgIpc) is 3.16. The van der Waals surface area contributed by atoms with Gasteiger partial charge >= 0.3 is 5.97 Å². The molecule has 6 heteroatoms. The number of carbonyl (C=O) groups excluding carboxylic acids is 1. The molecular weight excluding hydrogens is 270 g/mol. The van der Waals surface area contributed by atoms with Gasteiger partial charge in [-0.2, -0.15) is 5.10 Å². The Balaban J connectivity index is 2.20. The Hall–Kier alpha value is -1.85. The molecule has 1 aliphatic carbocycles. The van der Waals surface area contributed by atoms with Crippen LogP contribution in [0.25, 0.3) is 0 Å². The first-order valence-electron chi connectivity index (χ1n) is 7.39. The van der Waals surface area contributed by atoms with Gasteiger partial charge in [-0.1, -0.05) is 20.8 Å². The van der Waals surface area contributed by atoms with Gasteiger partial charge in [0, 0.05) is 19.6 Å². The molecular formula is C15H23N3O3. The SMILES string of the molecule is CC(CN(C(=O)c1cc(C(C)C)nn1C)C1CC1)C(=O)O. The highest BCUT2D eigenvalue weighted by atomic mass is 16.4. The van der Waals surface area contributed by atoms with Gasteiger partial charge in [-0.3, -0.25) is 14.3 Å². The van der Waals surface area contributed by atoms with Gasteiger partial charge in [0.1, 0.15) is 5.69 Å². The second kappa shape index (κ2) is 5.87. The quantitative estimate of drug-likeness (QED) is 0.868. The zero-order valence-electron chi connectivity index (χ0n) is 13.0. The molecule has 0 aromatic carbocycles. The third kappa shape index (κ3) is 3.43. The van der Waals surface area contributed by atoms with E-state index in [9.17, 15) is 9.59 Å². The van der Waals surface area contributed by atoms with Crippen molar-refractivity contribution in [1.82, 2.24) is 14.7 Å². The van der Waals surface area contributed by atoms with E-state index >= 15 is 0 Å². The normalized spacial score (nSPS) is 16.0. The van der Waals surface area contributed by atoms with Crippen molar-refractivity contribution in [3.05, 3.63) is 17.5 Å². The third-order valence-electron chi connectivity index (χ3n) is 3.85. The van der Waals surface area contributed by atoms with Crippen LogP contribution in [-0.4, -0.2) is 44.3 Å². The molecule has 1 fully saturated rings. The number of aryl methyl sites for hydroxylation is 1. The molecule has 1 heterocycles. The van der Waals surface area contributed by atoms with E-state index in [1.807, 2.05) is 19.9 Å². The minimum atomic E-state index is -0.874. The second-order valence-corrected chi connectivity index (χ2v) is 6.16. The lowest BCUT2D eigenvalue weighted by Crippen LogP contribution is -2.39. The van der Waals surface area contributed by atoms with E-state index in [0.717, 1.165) is 18.5 Å². The van der Waals surface area contributed by atoms with Crippen LogP contribution >= 0.6 is 0 Å². The van der Waals surface area contributed by atoms with Crippen molar-refractivity contribution in [2.45, 2.75) is 45.6 Å². The van der Waals surface area contributed by atoms with Gasteiger partial charge < -0.3 is 10.0 Å². The predicted octanol–water partition coefficient (Wildman–Crippen LogP) is 1.87. The monoisotopic (exact) mass is 293 g/mol. The van der Waals surface area contributed by atoms with Crippen molar-refractivity contribution in [2.24, 2.45) is 13.0 Å². The number of amides is 1. The average molecular weight is 293 g/mol. The van der Waals surface area contributed by atoms with Gasteiger partial charge in [0.15, 0.2) is 0 Å². The number of hydrogen-bond donors (Lipinski definition) is 1. The molecule has 1 amide bonds. The molecule has 1 aliphatic rings. The summed E-state index contributed by atoms with van der Waals surface area (Å²) in [7, 11) is 1.75. The minimum Gasteiger partial charge on any atom is -0.481 e. The van der Waals surface area contributed by atoms with Crippen LogP contribution in [0.15, 0.2) is 6.07 Å². The molecule has 1 aromatic rings. The summed E-state index contributed by atoms with van der Waals surface area (Å²) in [6.07, 6.45) is 1.90. The van der Waals surface area contributed by atoms with Crippen LogP contribution in [0.3, 0.4) is 0 Å². The molecule has 1 saturated carbocycles. The van der Waals surface area contributed by atoms with Gasteiger partial charge in [-0.05, 0) is 24.8 Å². The van der Waals surface area contributed by atoms with E-state index in [4.69, 9.17) is 5.11 Å². The van der Waals surface area contributed by atoms with E-state index < -0.39 is 11.9 Å². The highest BCUT2D eigenvalue weighted by Gasteiger charge is 2.36. The molecule has 1 aromatic heterocycles. The maximum Gasteiger partial charge on any atom is 0.308 e. The fourth-order valence-electron chi connectivity index (χ4n) is 2.28. The van der Waals surface area contributed by atoms with Crippen molar-refractivity contribution >= 4 is 11.9 Å². The summed E-state index contributed by atoms with van der Waals surface area (Å²) < 4.78 is 1.60. The maximum atomic E-state index is 12.7. The van der Waals surface area contributed by atoms with E-state index in [2.05, 4.69) is 5.10 Å². The molecule has 21 heavy (non-hydrogen) atoms. The Morgan fingerprint density at radius 1 is 1.43 bits per heavy atom. The summed E-state index contributed by atoms with van der Waals surface area (Å²) >= 11 is 0. The van der Waals surface area contributed by atoms with Crippen LogP contribution < -0.4 is 0 Å². The van der Waals surface area contributed by atoms with Crippen LogP contribution in [0.4, 0.5) is 0 Å². The molecule has 1 N–H and O–H groups in total. The standard InChI is InChI=1S/C15H23N3O3/c1-9(2)12-7-13(17(4)16-12)14(19)18(11-5-6-11)8-10(3)15(20)21/h7,9-11H,5-6,8H2,1-4H3,(H,20,21). The lowest BCUT2D eigenvalue weighted by atomic mass is 10.1. The van der Waals surface area contributed by atoms with E-state index in [1.165, 1.54) is 0 Å². The van der Waals surface area contributed by atoms with Gasteiger partial charge in [0.05, 0.1) is 11.6 Å². The van der Waals surface area contributed by atoms with Crippen LogP contribution in [-0.2, 0) is 11.8 Å². The molecule has 2 rings (SSSR count). The molecule has 6 nitrogen and oxygen atoms in total. The molecule has 1 atom stereocenters. The first-order chi connectivity index (χ1) is 9.81. The number of hydrogen-bond acceptors (Lipinski definition) is 3. The van der Waals surface area contributed by atoms with Crippen LogP contribution in [0.1, 0.15) is 55.7 Å². The fraction of sp³-hybridized carbons (Fsp3) is 0.667. The number of carboxylic acids is 1. The minimum absolute atomic E-state index is 0.118. The smallest absolute Gasteiger partial charge is 0.308 e. The van der Waals surface area contributed by atoms with Crippen molar-refractivity contribution in [3.8, 4) is 0 Å². The Kier molecular flexibility index (Phi) is 4.34. The summed E-state index contributed by atoms with van der Waals surface area (Å²) in [6.45, 7) is 5.94. The molecule has 1 unspecified atom stereocenters. The molecule has 0 spiro atoms. The number of aromatic nitrogens is 2. The van der Waals surface area contributed by atoms with Crippen molar-refractivity contribution < 1.29 is 14.7 Å². The van der Waals surface area contributed by atoms with Crippen LogP contribution in [0, 0.1) is 5.92 Å². The topological polar surface area (TPSA) is 75.4 Å². The van der Waals surface area contributed by atoms with Gasteiger partial charge in [0.2, 0.25) is 0 Å². The summed E-state index contributed by atoms with van der Waals surface area (Å²) in [6, 6.07) is 1.99. The first kappa shape index (κ1) is 15.5. The van der Waals surface area contributed by atoms with Crippen molar-refractivity contribution in [1.29, 1.82) is 0 Å². The van der Waals surface area contributed by atoms with Crippen molar-refractivity contribution in [2.75, 3.05) is 6.54 Å². The Labute approximate surface area is 124 Å². The maximum absolute atomic E-state index is 12.7. The first-order valence-corrected chi connectivity index (χ1v) is 7.39. The molecule has 0 aliphatic heterocycles. The molecule has 0 radical (unpaired) electrons. The largest absolute Gasteiger partial charge is 0.481 e. The Morgan fingerprint density at radius 2 is 2.05 bits per heavy atom. The predicted molar refractivity (Wildman–Crippen MR) is 78.2 cm³/mol. The van der Waals surface area contributed by atoms with Gasteiger partial charge in [-0.15, -0.1) is 0 Å². The van der Waals surface area contributed by atoms with E-state index in [-0.39, 0.29) is 24.4 Å². The van der Waals surface area contributed by atoms with E-state index in [1.54, 1.807) is 23.6 Å². The lowest BCUT2D eigenvalue weighted by molar-refractivity contribution is -0.141. The Morgan fingerprint density at radius 3 is 2.48 bits per heavy atom. The van der Waals surface area contributed by atoms with Gasteiger partial charge in [0.25, 0.3) is 5.91 Å². The zero-order chi connectivity index (χ0) is 15.7. The zero-order valence-corrected chi connectivity index (χ0v) is 13.0. The molecule has 116 valence electrons. The summed E-state index contributed by atoms with van der Waals surface area (Å²) in [5.41, 5.74) is 1.41. The second-order valence-electron chi connectivity index (χ2n) is 6.16. The number of carboxylic acid groups (broad SMARTS) is 1. The van der Waals surface area contributed by atoms with E-state index in [0.29, 0.717) is 5.69 Å². The summed E-state index contributed by atoms with van der Waals surface area (Å²) in [5, 5.41) is 13.4. The lowest BCUT2D eigenvalue weighted by Gasteiger charge is -2.24. The highest BCUT2D eigenvalue weighted by Crippen LogP contribution is 2.29.